The number of ketones is 1. The molecule has 2 heteroatoms. The number of hydrogen-bond donors (Lipinski definition) is 0. The number of thioether (sulfide) groups is 1. The van der Waals surface area contributed by atoms with Crippen LogP contribution in [0.15, 0.2) is 0 Å². The first-order chi connectivity index (χ1) is 5.21. The number of carbonyl (C=O) groups is 1. The van der Waals surface area contributed by atoms with Gasteiger partial charge in [-0.25, -0.2) is 0 Å². The highest BCUT2D eigenvalue weighted by atomic mass is 32.2. The summed E-state index contributed by atoms with van der Waals surface area (Å²) in [6.07, 6.45) is 3.40. The molecular formula is C9H16OS. The summed E-state index contributed by atoms with van der Waals surface area (Å²) in [5.41, 5.74) is 0.141. The molecule has 1 saturated carbocycles. The van der Waals surface area contributed by atoms with Gasteiger partial charge in [0.05, 0.1) is 0 Å². The summed E-state index contributed by atoms with van der Waals surface area (Å²) < 4.78 is 0. The minimum Gasteiger partial charge on any atom is -0.299 e. The molecule has 0 aliphatic heterocycles. The van der Waals surface area contributed by atoms with E-state index in [1.54, 1.807) is 6.92 Å². The fraction of sp³-hybridized carbons (Fsp3) is 0.889. The molecule has 0 radical (unpaired) electrons. The third kappa shape index (κ3) is 2.22. The highest BCUT2D eigenvalue weighted by Crippen LogP contribution is 2.49. The van der Waals surface area contributed by atoms with Crippen molar-refractivity contribution >= 4 is 17.5 Å². The molecule has 1 rings (SSSR count). The molecule has 0 N–H and O–H groups in total. The molecule has 0 aromatic rings. The Morgan fingerprint density at radius 2 is 2.18 bits per heavy atom. The minimum absolute atomic E-state index is 0.141. The lowest BCUT2D eigenvalue weighted by atomic mass is 9.99. The Morgan fingerprint density at radius 3 is 2.55 bits per heavy atom. The van der Waals surface area contributed by atoms with Crippen LogP contribution in [0.25, 0.3) is 0 Å². The lowest BCUT2D eigenvalue weighted by Gasteiger charge is -2.09. The van der Waals surface area contributed by atoms with Crippen LogP contribution in [0.4, 0.5) is 0 Å². The molecule has 11 heavy (non-hydrogen) atoms. The molecule has 64 valence electrons. The maximum atomic E-state index is 11.1. The maximum Gasteiger partial charge on any atom is 0.135 e. The first kappa shape index (κ1) is 9.11. The summed E-state index contributed by atoms with van der Waals surface area (Å²) in [7, 11) is 0. The normalized spacial score (nSPS) is 19.8. The molecule has 0 bridgehead atoms. The van der Waals surface area contributed by atoms with Crippen molar-refractivity contribution in [3.8, 4) is 0 Å². The molecule has 1 nitrogen and oxygen atoms in total. The molecule has 0 heterocycles. The standard InChI is InChI=1S/C9H16OS/c1-3-11-7-6-9(4-5-9)8(2)10/h3-7H2,1-2H3. The summed E-state index contributed by atoms with van der Waals surface area (Å²) in [6.45, 7) is 3.90. The zero-order valence-corrected chi connectivity index (χ0v) is 8.17. The molecule has 0 atom stereocenters. The predicted octanol–water partition coefficient (Wildman–Crippen LogP) is 2.50. The van der Waals surface area contributed by atoms with E-state index in [1.807, 2.05) is 11.8 Å². The molecule has 0 spiro atoms. The SMILES string of the molecule is CCSCCC1(C(C)=O)CC1. The lowest BCUT2D eigenvalue weighted by molar-refractivity contribution is -0.122. The summed E-state index contributed by atoms with van der Waals surface area (Å²) >= 11 is 1.94. The third-order valence-corrected chi connectivity index (χ3v) is 3.43. The summed E-state index contributed by atoms with van der Waals surface area (Å²) in [4.78, 5) is 11.1. The fourth-order valence-electron chi connectivity index (χ4n) is 1.34. The smallest absolute Gasteiger partial charge is 0.135 e. The number of rotatable bonds is 5. The van der Waals surface area contributed by atoms with Crippen molar-refractivity contribution < 1.29 is 4.79 Å². The molecule has 1 aliphatic rings. The van der Waals surface area contributed by atoms with E-state index >= 15 is 0 Å². The van der Waals surface area contributed by atoms with E-state index < -0.39 is 0 Å². The van der Waals surface area contributed by atoms with Gasteiger partial charge in [0.25, 0.3) is 0 Å². The van der Waals surface area contributed by atoms with Crippen LogP contribution in [0.1, 0.15) is 33.1 Å². The lowest BCUT2D eigenvalue weighted by Crippen LogP contribution is -2.12. The van der Waals surface area contributed by atoms with Crippen LogP contribution in [0, 0.1) is 5.41 Å². The van der Waals surface area contributed by atoms with Crippen LogP contribution >= 0.6 is 11.8 Å². The highest BCUT2D eigenvalue weighted by Gasteiger charge is 2.46. The van der Waals surface area contributed by atoms with E-state index in [2.05, 4.69) is 6.92 Å². The van der Waals surface area contributed by atoms with Crippen molar-refractivity contribution in [3.05, 3.63) is 0 Å². The first-order valence-electron chi connectivity index (χ1n) is 4.30. The molecule has 0 aromatic heterocycles. The Labute approximate surface area is 72.9 Å². The molecule has 0 saturated heterocycles. The van der Waals surface area contributed by atoms with Gasteiger partial charge in [-0.1, -0.05) is 6.92 Å². The van der Waals surface area contributed by atoms with Crippen molar-refractivity contribution in [1.82, 2.24) is 0 Å². The van der Waals surface area contributed by atoms with Crippen LogP contribution < -0.4 is 0 Å². The van der Waals surface area contributed by atoms with Crippen molar-refractivity contribution in [2.24, 2.45) is 5.41 Å². The Kier molecular flexibility index (Phi) is 2.99. The van der Waals surface area contributed by atoms with E-state index in [0.717, 1.165) is 25.0 Å². The number of carbonyl (C=O) groups excluding carboxylic acids is 1. The molecule has 0 unspecified atom stereocenters. The Hall–Kier alpha value is 0.0200. The van der Waals surface area contributed by atoms with Gasteiger partial charge in [0.2, 0.25) is 0 Å². The van der Waals surface area contributed by atoms with Crippen molar-refractivity contribution in [2.75, 3.05) is 11.5 Å². The van der Waals surface area contributed by atoms with Gasteiger partial charge in [0, 0.05) is 5.41 Å². The van der Waals surface area contributed by atoms with E-state index in [4.69, 9.17) is 0 Å². The molecule has 1 fully saturated rings. The fourth-order valence-corrected chi connectivity index (χ4v) is 2.16. The Balaban J connectivity index is 2.20. The van der Waals surface area contributed by atoms with Gasteiger partial charge in [-0.2, -0.15) is 11.8 Å². The van der Waals surface area contributed by atoms with Crippen molar-refractivity contribution in [1.29, 1.82) is 0 Å². The van der Waals surface area contributed by atoms with E-state index in [9.17, 15) is 4.79 Å². The van der Waals surface area contributed by atoms with Gasteiger partial charge in [-0.15, -0.1) is 0 Å². The van der Waals surface area contributed by atoms with Crippen LogP contribution in [-0.2, 0) is 4.79 Å². The van der Waals surface area contributed by atoms with Gasteiger partial charge < -0.3 is 0 Å². The van der Waals surface area contributed by atoms with Crippen molar-refractivity contribution in [2.45, 2.75) is 33.1 Å². The number of Topliss-reactive ketones (excluding diaryl/α,β-unsaturated/α-hetero) is 1. The molecule has 0 amide bonds. The molecular weight excluding hydrogens is 156 g/mol. The summed E-state index contributed by atoms with van der Waals surface area (Å²) in [5, 5.41) is 0. The Morgan fingerprint density at radius 1 is 1.55 bits per heavy atom. The average Bonchev–Trinajstić information content (AvgIpc) is 2.70. The second-order valence-electron chi connectivity index (χ2n) is 3.28. The van der Waals surface area contributed by atoms with Crippen LogP contribution in [-0.4, -0.2) is 17.3 Å². The zero-order valence-electron chi connectivity index (χ0n) is 7.35. The van der Waals surface area contributed by atoms with E-state index in [-0.39, 0.29) is 5.41 Å². The van der Waals surface area contributed by atoms with Gasteiger partial charge >= 0.3 is 0 Å². The van der Waals surface area contributed by atoms with Crippen LogP contribution in [0.2, 0.25) is 0 Å². The van der Waals surface area contributed by atoms with E-state index in [0.29, 0.717) is 5.78 Å². The van der Waals surface area contributed by atoms with Gasteiger partial charge in [0.1, 0.15) is 5.78 Å². The second-order valence-corrected chi connectivity index (χ2v) is 4.68. The number of hydrogen-bond acceptors (Lipinski definition) is 2. The zero-order chi connectivity index (χ0) is 8.32. The van der Waals surface area contributed by atoms with Gasteiger partial charge in [0.15, 0.2) is 0 Å². The summed E-state index contributed by atoms with van der Waals surface area (Å²) in [6, 6.07) is 0. The maximum absolute atomic E-state index is 11.1. The molecule has 1 aliphatic carbocycles. The molecule has 0 aromatic carbocycles. The van der Waals surface area contributed by atoms with Gasteiger partial charge in [-0.05, 0) is 37.7 Å². The van der Waals surface area contributed by atoms with E-state index in [1.165, 1.54) is 5.75 Å². The monoisotopic (exact) mass is 172 g/mol. The van der Waals surface area contributed by atoms with Crippen LogP contribution in [0.3, 0.4) is 0 Å². The minimum atomic E-state index is 0.141. The van der Waals surface area contributed by atoms with Crippen LogP contribution in [0.5, 0.6) is 0 Å². The first-order valence-corrected chi connectivity index (χ1v) is 5.45. The topological polar surface area (TPSA) is 17.1 Å². The van der Waals surface area contributed by atoms with Gasteiger partial charge in [-0.3, -0.25) is 4.79 Å². The summed E-state index contributed by atoms with van der Waals surface area (Å²) in [5.74, 6) is 2.75. The Bertz CT molecular complexity index is 150. The second kappa shape index (κ2) is 3.61. The average molecular weight is 172 g/mol. The largest absolute Gasteiger partial charge is 0.299 e. The van der Waals surface area contributed by atoms with Crippen molar-refractivity contribution in [3.63, 3.8) is 0 Å². The quantitative estimate of drug-likeness (QED) is 0.593. The predicted molar refractivity (Wildman–Crippen MR) is 50.0 cm³/mol. The highest BCUT2D eigenvalue weighted by molar-refractivity contribution is 7.99. The third-order valence-electron chi connectivity index (χ3n) is 2.53.